The summed E-state index contributed by atoms with van der Waals surface area (Å²) in [4.78, 5) is 21.8. The smallest absolute Gasteiger partial charge is 0.327 e. The van der Waals surface area contributed by atoms with Gasteiger partial charge in [-0.1, -0.05) is 22.0 Å². The molecular formula is C12H13BrFNO5S. The van der Waals surface area contributed by atoms with Gasteiger partial charge in [0.2, 0.25) is 5.91 Å². The first-order valence-corrected chi connectivity index (χ1v) is 8.36. The van der Waals surface area contributed by atoms with Gasteiger partial charge >= 0.3 is 5.97 Å². The molecule has 1 atom stereocenters. The van der Waals surface area contributed by atoms with Crippen LogP contribution in [0.2, 0.25) is 0 Å². The molecule has 0 aliphatic heterocycles. The number of hydrogen-bond donors (Lipinski definition) is 2. The largest absolute Gasteiger partial charge is 0.480 e. The van der Waals surface area contributed by atoms with Crippen molar-refractivity contribution in [1.82, 2.24) is 5.32 Å². The second kappa shape index (κ2) is 6.99. The highest BCUT2D eigenvalue weighted by Gasteiger charge is 2.26. The van der Waals surface area contributed by atoms with Gasteiger partial charge in [0.05, 0.1) is 11.5 Å². The molecule has 1 unspecified atom stereocenters. The number of aliphatic carboxylic acids is 1. The van der Waals surface area contributed by atoms with E-state index < -0.39 is 45.1 Å². The number of rotatable bonds is 6. The van der Waals surface area contributed by atoms with Gasteiger partial charge in [0.25, 0.3) is 0 Å². The summed E-state index contributed by atoms with van der Waals surface area (Å²) in [5.41, 5.74) is -0.0647. The van der Waals surface area contributed by atoms with Crippen LogP contribution >= 0.6 is 15.9 Å². The summed E-state index contributed by atoms with van der Waals surface area (Å²) in [6, 6.07) is 2.33. The maximum Gasteiger partial charge on any atom is 0.327 e. The first-order chi connectivity index (χ1) is 9.60. The minimum atomic E-state index is -3.91. The molecule has 0 spiro atoms. The fourth-order valence-corrected chi connectivity index (χ4v) is 3.50. The molecule has 1 aromatic carbocycles. The predicted octanol–water partition coefficient (Wildman–Crippen LogP) is 1.09. The monoisotopic (exact) mass is 381 g/mol. The Hall–Kier alpha value is -1.48. The summed E-state index contributed by atoms with van der Waals surface area (Å²) in [6.07, 6.45) is 0. The topological polar surface area (TPSA) is 101 Å². The standard InChI is InChI=1S/C12H13BrFNO5S/c1-7(16)15-11(12(17)18)6-21(19,20)5-8-2-3-9(13)4-10(8)14/h2-4,11H,5-6H2,1H3,(H,15,16)(H,17,18). The van der Waals surface area contributed by atoms with Crippen molar-refractivity contribution in [3.05, 3.63) is 34.1 Å². The maximum absolute atomic E-state index is 13.6. The number of hydrogen-bond acceptors (Lipinski definition) is 4. The average Bonchev–Trinajstić information content (AvgIpc) is 2.31. The number of carbonyl (C=O) groups excluding carboxylic acids is 1. The second-order valence-electron chi connectivity index (χ2n) is 4.38. The first-order valence-electron chi connectivity index (χ1n) is 5.75. The lowest BCUT2D eigenvalue weighted by Crippen LogP contribution is -2.44. The molecule has 1 amide bonds. The normalized spacial score (nSPS) is 12.7. The van der Waals surface area contributed by atoms with Crippen LogP contribution in [0.5, 0.6) is 0 Å². The predicted molar refractivity (Wildman–Crippen MR) is 76.8 cm³/mol. The third-order valence-electron chi connectivity index (χ3n) is 2.49. The van der Waals surface area contributed by atoms with E-state index in [1.165, 1.54) is 12.1 Å². The van der Waals surface area contributed by atoms with E-state index in [1.54, 1.807) is 0 Å². The highest BCUT2D eigenvalue weighted by atomic mass is 79.9. The van der Waals surface area contributed by atoms with E-state index in [9.17, 15) is 22.4 Å². The van der Waals surface area contributed by atoms with Crippen molar-refractivity contribution in [3.63, 3.8) is 0 Å². The molecule has 2 N–H and O–H groups in total. The number of benzene rings is 1. The molecule has 0 aliphatic carbocycles. The van der Waals surface area contributed by atoms with Crippen LogP contribution in [0.25, 0.3) is 0 Å². The molecule has 6 nitrogen and oxygen atoms in total. The van der Waals surface area contributed by atoms with E-state index >= 15 is 0 Å². The summed E-state index contributed by atoms with van der Waals surface area (Å²) in [7, 11) is -3.91. The number of sulfone groups is 1. The number of carboxylic acid groups (broad SMARTS) is 1. The number of carbonyl (C=O) groups is 2. The lowest BCUT2D eigenvalue weighted by Gasteiger charge is -2.13. The quantitative estimate of drug-likeness (QED) is 0.767. The lowest BCUT2D eigenvalue weighted by molar-refractivity contribution is -0.140. The van der Waals surface area contributed by atoms with Gasteiger partial charge < -0.3 is 10.4 Å². The Bertz CT molecular complexity index is 662. The van der Waals surface area contributed by atoms with Crippen LogP contribution in [0.15, 0.2) is 22.7 Å². The molecule has 0 aromatic heterocycles. The molecule has 9 heteroatoms. The summed E-state index contributed by atoms with van der Waals surface area (Å²) in [6.45, 7) is 1.08. The van der Waals surface area contributed by atoms with Gasteiger partial charge in [-0.3, -0.25) is 4.79 Å². The number of halogens is 2. The van der Waals surface area contributed by atoms with Crippen molar-refractivity contribution in [2.45, 2.75) is 18.7 Å². The minimum Gasteiger partial charge on any atom is -0.480 e. The summed E-state index contributed by atoms with van der Waals surface area (Å²) in [5.74, 6) is -4.29. The molecule has 0 aliphatic rings. The van der Waals surface area contributed by atoms with Gasteiger partial charge in [0.1, 0.15) is 11.9 Å². The van der Waals surface area contributed by atoms with Crippen LogP contribution < -0.4 is 5.32 Å². The Labute approximate surface area is 129 Å². The molecule has 1 rings (SSSR count). The van der Waals surface area contributed by atoms with Crippen molar-refractivity contribution in [3.8, 4) is 0 Å². The second-order valence-corrected chi connectivity index (χ2v) is 7.41. The highest BCUT2D eigenvalue weighted by molar-refractivity contribution is 9.10. The van der Waals surface area contributed by atoms with E-state index in [-0.39, 0.29) is 5.56 Å². The minimum absolute atomic E-state index is 0.0647. The van der Waals surface area contributed by atoms with Crippen LogP contribution in [-0.4, -0.2) is 37.2 Å². The lowest BCUT2D eigenvalue weighted by atomic mass is 10.2. The van der Waals surface area contributed by atoms with Crippen LogP contribution in [0.1, 0.15) is 12.5 Å². The molecule has 0 fully saturated rings. The van der Waals surface area contributed by atoms with Crippen molar-refractivity contribution >= 4 is 37.6 Å². The fraction of sp³-hybridized carbons (Fsp3) is 0.333. The molecule has 1 aromatic rings. The van der Waals surface area contributed by atoms with E-state index in [1.807, 2.05) is 5.32 Å². The van der Waals surface area contributed by atoms with E-state index in [0.717, 1.165) is 13.0 Å². The van der Waals surface area contributed by atoms with Gasteiger partial charge in [-0.15, -0.1) is 0 Å². The molecule has 0 saturated carbocycles. The zero-order valence-corrected chi connectivity index (χ0v) is 13.4. The van der Waals surface area contributed by atoms with Crippen LogP contribution in [0, 0.1) is 5.82 Å². The summed E-state index contributed by atoms with van der Waals surface area (Å²) < 4.78 is 37.9. The molecule has 0 heterocycles. The van der Waals surface area contributed by atoms with E-state index in [4.69, 9.17) is 5.11 Å². The third kappa shape index (κ3) is 5.80. The van der Waals surface area contributed by atoms with E-state index in [2.05, 4.69) is 15.9 Å². The van der Waals surface area contributed by atoms with Crippen molar-refractivity contribution < 1.29 is 27.5 Å². The zero-order chi connectivity index (χ0) is 16.2. The number of nitrogens with one attached hydrogen (secondary N) is 1. The first kappa shape index (κ1) is 17.6. The molecule has 0 saturated heterocycles. The van der Waals surface area contributed by atoms with Gasteiger partial charge in [-0.25, -0.2) is 17.6 Å². The van der Waals surface area contributed by atoms with E-state index in [0.29, 0.717) is 4.47 Å². The molecule has 0 radical (unpaired) electrons. The summed E-state index contributed by atoms with van der Waals surface area (Å²) in [5, 5.41) is 10.9. The SMILES string of the molecule is CC(=O)NC(CS(=O)(=O)Cc1ccc(Br)cc1F)C(=O)O. The third-order valence-corrected chi connectivity index (χ3v) is 4.57. The van der Waals surface area contributed by atoms with Gasteiger partial charge in [-0.05, 0) is 12.1 Å². The Morgan fingerprint density at radius 2 is 2.05 bits per heavy atom. The molecule has 0 bridgehead atoms. The molecule has 21 heavy (non-hydrogen) atoms. The van der Waals surface area contributed by atoms with Crippen LogP contribution in [0.3, 0.4) is 0 Å². The number of carboxylic acids is 1. The summed E-state index contributed by atoms with van der Waals surface area (Å²) >= 11 is 3.05. The molecular weight excluding hydrogens is 369 g/mol. The van der Waals surface area contributed by atoms with Gasteiger partial charge in [0.15, 0.2) is 9.84 Å². The van der Waals surface area contributed by atoms with Crippen molar-refractivity contribution in [2.75, 3.05) is 5.75 Å². The van der Waals surface area contributed by atoms with Gasteiger partial charge in [0, 0.05) is 17.0 Å². The number of amides is 1. The maximum atomic E-state index is 13.6. The Morgan fingerprint density at radius 3 is 2.52 bits per heavy atom. The van der Waals surface area contributed by atoms with Crippen molar-refractivity contribution in [1.29, 1.82) is 0 Å². The van der Waals surface area contributed by atoms with Crippen molar-refractivity contribution in [2.24, 2.45) is 0 Å². The fourth-order valence-electron chi connectivity index (χ4n) is 1.61. The average molecular weight is 382 g/mol. The Morgan fingerprint density at radius 1 is 1.43 bits per heavy atom. The Kier molecular flexibility index (Phi) is 5.85. The van der Waals surface area contributed by atoms with Crippen LogP contribution in [-0.2, 0) is 25.2 Å². The molecule has 116 valence electrons. The Balaban J connectivity index is 2.90. The van der Waals surface area contributed by atoms with Gasteiger partial charge in [-0.2, -0.15) is 0 Å². The zero-order valence-electron chi connectivity index (χ0n) is 11.0. The highest BCUT2D eigenvalue weighted by Crippen LogP contribution is 2.18. The van der Waals surface area contributed by atoms with Crippen LogP contribution in [0.4, 0.5) is 4.39 Å².